The number of aromatic nitrogens is 1. The topological polar surface area (TPSA) is 74.7 Å². The molecule has 0 aliphatic carbocycles. The fourth-order valence-electron chi connectivity index (χ4n) is 3.79. The summed E-state index contributed by atoms with van der Waals surface area (Å²) in [5.41, 5.74) is 5.48. The van der Waals surface area contributed by atoms with E-state index in [1.165, 1.54) is 11.3 Å². The van der Waals surface area contributed by atoms with Crippen molar-refractivity contribution in [3.63, 3.8) is 0 Å². The first-order chi connectivity index (χ1) is 16.5. The Labute approximate surface area is 205 Å². The highest BCUT2D eigenvalue weighted by Gasteiger charge is 2.23. The van der Waals surface area contributed by atoms with E-state index in [0.717, 1.165) is 34.7 Å². The molecular formula is C26H28N4O2S2. The molecule has 0 saturated heterocycles. The second kappa shape index (κ2) is 10.9. The molecule has 0 aliphatic rings. The number of nitrogens with zero attached hydrogens (tertiary/aromatic N) is 3. The maximum Gasteiger partial charge on any atom is 0.243 e. The zero-order chi connectivity index (χ0) is 24.0. The van der Waals surface area contributed by atoms with E-state index in [2.05, 4.69) is 33.7 Å². The monoisotopic (exact) mass is 492 g/mol. The van der Waals surface area contributed by atoms with Crippen molar-refractivity contribution in [1.29, 1.82) is 0 Å². The molecule has 0 unspecified atom stereocenters. The van der Waals surface area contributed by atoms with Gasteiger partial charge in [0.1, 0.15) is 0 Å². The van der Waals surface area contributed by atoms with Crippen LogP contribution in [0.2, 0.25) is 0 Å². The van der Waals surface area contributed by atoms with Gasteiger partial charge in [-0.2, -0.15) is 9.41 Å². The summed E-state index contributed by atoms with van der Waals surface area (Å²) >= 11 is 1.42. The first-order valence-corrected chi connectivity index (χ1v) is 13.7. The van der Waals surface area contributed by atoms with Gasteiger partial charge in [-0.3, -0.25) is 5.43 Å². The van der Waals surface area contributed by atoms with Crippen LogP contribution >= 0.6 is 11.3 Å². The van der Waals surface area contributed by atoms with Crippen LogP contribution < -0.4 is 5.43 Å². The summed E-state index contributed by atoms with van der Waals surface area (Å²) in [5.74, 6) is 0. The van der Waals surface area contributed by atoms with E-state index in [1.54, 1.807) is 28.7 Å². The van der Waals surface area contributed by atoms with E-state index < -0.39 is 10.0 Å². The lowest BCUT2D eigenvalue weighted by Gasteiger charge is -2.21. The molecule has 4 aromatic rings. The molecule has 0 saturated carbocycles. The maximum absolute atomic E-state index is 13.1. The number of hydrazone groups is 1. The number of hydrogen-bond acceptors (Lipinski definition) is 6. The van der Waals surface area contributed by atoms with Gasteiger partial charge in [0.25, 0.3) is 0 Å². The van der Waals surface area contributed by atoms with E-state index in [4.69, 9.17) is 0 Å². The van der Waals surface area contributed by atoms with Crippen LogP contribution in [-0.4, -0.2) is 37.0 Å². The molecule has 1 aromatic heterocycles. The number of hydrogen-bond donors (Lipinski definition) is 1. The molecule has 0 bridgehead atoms. The first-order valence-electron chi connectivity index (χ1n) is 11.4. The molecule has 0 aliphatic heterocycles. The van der Waals surface area contributed by atoms with Gasteiger partial charge in [0.05, 0.1) is 16.8 Å². The Morgan fingerprint density at radius 2 is 1.74 bits per heavy atom. The molecule has 1 N–H and O–H groups in total. The number of fused-ring (bicyclic) bond motifs is 1. The standard InChI is InChI=1S/C26H28N4O2S2/c1-3-15-30(16-4-2)34(31,32)23-13-8-11-21(17-23)25-19-33-26(28-25)29-27-18-22-12-7-10-20-9-5-6-14-24(20)22/h5-14,17-19H,3-4,15-16H2,1-2H3,(H,28,29)/b27-18+. The summed E-state index contributed by atoms with van der Waals surface area (Å²) in [5, 5.41) is 9.19. The summed E-state index contributed by atoms with van der Waals surface area (Å²) in [4.78, 5) is 4.89. The van der Waals surface area contributed by atoms with Crippen LogP contribution in [0.25, 0.3) is 22.0 Å². The number of nitrogens with one attached hydrogen (secondary N) is 1. The van der Waals surface area contributed by atoms with Crippen molar-refractivity contribution in [3.05, 3.63) is 77.7 Å². The number of rotatable bonds is 10. The van der Waals surface area contributed by atoms with E-state index in [1.807, 2.05) is 49.6 Å². The molecule has 0 amide bonds. The third kappa shape index (κ3) is 5.35. The van der Waals surface area contributed by atoms with E-state index in [9.17, 15) is 8.42 Å². The lowest BCUT2D eigenvalue weighted by molar-refractivity contribution is 0.410. The van der Waals surface area contributed by atoms with Crippen molar-refractivity contribution >= 4 is 43.5 Å². The summed E-state index contributed by atoms with van der Waals surface area (Å²) < 4.78 is 27.9. The molecule has 8 heteroatoms. The molecule has 0 fully saturated rings. The van der Waals surface area contributed by atoms with E-state index >= 15 is 0 Å². The number of anilines is 1. The average Bonchev–Trinajstić information content (AvgIpc) is 3.33. The predicted molar refractivity (Wildman–Crippen MR) is 142 cm³/mol. The largest absolute Gasteiger partial charge is 0.253 e. The number of sulfonamides is 1. The summed E-state index contributed by atoms with van der Waals surface area (Å²) in [6.45, 7) is 5.00. The van der Waals surface area contributed by atoms with Gasteiger partial charge in [0.15, 0.2) is 0 Å². The summed E-state index contributed by atoms with van der Waals surface area (Å²) in [6, 6.07) is 21.3. The van der Waals surface area contributed by atoms with E-state index in [0.29, 0.717) is 28.8 Å². The van der Waals surface area contributed by atoms with E-state index in [-0.39, 0.29) is 0 Å². The first kappa shape index (κ1) is 24.1. The zero-order valence-corrected chi connectivity index (χ0v) is 20.9. The normalized spacial score (nSPS) is 12.1. The lowest BCUT2D eigenvalue weighted by atomic mass is 10.1. The minimum atomic E-state index is -3.54. The van der Waals surface area contributed by atoms with Crippen LogP contribution in [0.5, 0.6) is 0 Å². The number of thiazole rings is 1. The van der Waals surface area contributed by atoms with Gasteiger partial charge in [-0.1, -0.05) is 68.4 Å². The van der Waals surface area contributed by atoms with Crippen molar-refractivity contribution in [2.75, 3.05) is 18.5 Å². The quantitative estimate of drug-likeness (QED) is 0.211. The van der Waals surface area contributed by atoms with Gasteiger partial charge in [-0.25, -0.2) is 13.4 Å². The Morgan fingerprint density at radius 1 is 1.00 bits per heavy atom. The highest BCUT2D eigenvalue weighted by molar-refractivity contribution is 7.89. The third-order valence-electron chi connectivity index (χ3n) is 5.40. The highest BCUT2D eigenvalue weighted by atomic mass is 32.2. The molecule has 3 aromatic carbocycles. The minimum Gasteiger partial charge on any atom is -0.253 e. The average molecular weight is 493 g/mol. The van der Waals surface area contributed by atoms with Gasteiger partial charge in [-0.05, 0) is 35.7 Å². The number of benzene rings is 3. The van der Waals surface area contributed by atoms with Crippen LogP contribution in [0.3, 0.4) is 0 Å². The third-order valence-corrected chi connectivity index (χ3v) is 8.05. The second-order valence-corrected chi connectivity index (χ2v) is 10.7. The molecule has 0 spiro atoms. The van der Waals surface area contributed by atoms with Crippen molar-refractivity contribution in [1.82, 2.24) is 9.29 Å². The maximum atomic E-state index is 13.1. The highest BCUT2D eigenvalue weighted by Crippen LogP contribution is 2.28. The Hall–Kier alpha value is -3.07. The van der Waals surface area contributed by atoms with Crippen LogP contribution in [0.15, 0.2) is 82.1 Å². The van der Waals surface area contributed by atoms with Gasteiger partial charge in [0.2, 0.25) is 15.2 Å². The van der Waals surface area contributed by atoms with Crippen LogP contribution in [0.1, 0.15) is 32.3 Å². The van der Waals surface area contributed by atoms with Crippen LogP contribution in [-0.2, 0) is 10.0 Å². The molecular weight excluding hydrogens is 464 g/mol. The Kier molecular flexibility index (Phi) is 7.72. The fourth-order valence-corrected chi connectivity index (χ4v) is 6.13. The Balaban J connectivity index is 1.51. The molecule has 1 heterocycles. The Bertz CT molecular complexity index is 1390. The van der Waals surface area contributed by atoms with Gasteiger partial charge >= 0.3 is 0 Å². The second-order valence-electron chi connectivity index (χ2n) is 7.91. The minimum absolute atomic E-state index is 0.295. The summed E-state index contributed by atoms with van der Waals surface area (Å²) in [7, 11) is -3.54. The van der Waals surface area contributed by atoms with Crippen LogP contribution in [0, 0.1) is 0 Å². The smallest absolute Gasteiger partial charge is 0.243 e. The molecule has 0 atom stereocenters. The van der Waals surface area contributed by atoms with Gasteiger partial charge in [0, 0.05) is 29.6 Å². The summed E-state index contributed by atoms with van der Waals surface area (Å²) in [6.07, 6.45) is 3.34. The molecule has 6 nitrogen and oxygen atoms in total. The molecule has 0 radical (unpaired) electrons. The predicted octanol–water partition coefficient (Wildman–Crippen LogP) is 6.22. The SMILES string of the molecule is CCCN(CCC)S(=O)(=O)c1cccc(-c2csc(N/N=C/c3cccc4ccccc34)n2)c1. The Morgan fingerprint density at radius 3 is 2.53 bits per heavy atom. The van der Waals surface area contributed by atoms with Gasteiger partial charge in [-0.15, -0.1) is 11.3 Å². The van der Waals surface area contributed by atoms with Crippen molar-refractivity contribution in [3.8, 4) is 11.3 Å². The lowest BCUT2D eigenvalue weighted by Crippen LogP contribution is -2.32. The van der Waals surface area contributed by atoms with Gasteiger partial charge < -0.3 is 0 Å². The molecule has 4 rings (SSSR count). The van der Waals surface area contributed by atoms with Crippen molar-refractivity contribution < 1.29 is 8.42 Å². The van der Waals surface area contributed by atoms with Crippen molar-refractivity contribution in [2.24, 2.45) is 5.10 Å². The molecule has 176 valence electrons. The van der Waals surface area contributed by atoms with Crippen molar-refractivity contribution in [2.45, 2.75) is 31.6 Å². The molecule has 34 heavy (non-hydrogen) atoms. The van der Waals surface area contributed by atoms with Crippen LogP contribution in [0.4, 0.5) is 5.13 Å². The zero-order valence-electron chi connectivity index (χ0n) is 19.3. The fraction of sp³-hybridized carbons (Fsp3) is 0.231.